The Kier molecular flexibility index (Phi) is 4.58. The SMILES string of the molecule is O=C(O)CCN1CCCN(C(=O)C2CCC2)CC1. The minimum absolute atomic E-state index is 0.191. The lowest BCUT2D eigenvalue weighted by Crippen LogP contribution is -2.41. The van der Waals surface area contributed by atoms with Gasteiger partial charge in [-0.3, -0.25) is 9.59 Å². The van der Waals surface area contributed by atoms with Gasteiger partial charge in [-0.2, -0.15) is 0 Å². The summed E-state index contributed by atoms with van der Waals surface area (Å²) in [5, 5.41) is 8.68. The average molecular weight is 254 g/mol. The van der Waals surface area contributed by atoms with Crippen molar-refractivity contribution in [2.45, 2.75) is 32.1 Å². The van der Waals surface area contributed by atoms with E-state index < -0.39 is 5.97 Å². The Morgan fingerprint density at radius 1 is 1.06 bits per heavy atom. The molecule has 0 atom stereocenters. The fourth-order valence-corrected chi connectivity index (χ4v) is 2.58. The summed E-state index contributed by atoms with van der Waals surface area (Å²) in [7, 11) is 0. The molecule has 1 saturated carbocycles. The average Bonchev–Trinajstić information content (AvgIpc) is 2.49. The summed E-state index contributed by atoms with van der Waals surface area (Å²) in [6, 6.07) is 0. The monoisotopic (exact) mass is 254 g/mol. The number of hydrogen-bond donors (Lipinski definition) is 1. The molecular formula is C13H22N2O3. The van der Waals surface area contributed by atoms with Gasteiger partial charge in [0.15, 0.2) is 0 Å². The maximum atomic E-state index is 12.1. The largest absolute Gasteiger partial charge is 0.481 e. The lowest BCUT2D eigenvalue weighted by molar-refractivity contribution is -0.139. The second kappa shape index (κ2) is 6.18. The van der Waals surface area contributed by atoms with Crippen molar-refractivity contribution in [2.75, 3.05) is 32.7 Å². The highest BCUT2D eigenvalue weighted by molar-refractivity contribution is 5.79. The molecule has 0 aromatic carbocycles. The molecule has 0 aromatic heterocycles. The first kappa shape index (κ1) is 13.3. The van der Waals surface area contributed by atoms with Crippen molar-refractivity contribution in [1.29, 1.82) is 0 Å². The van der Waals surface area contributed by atoms with E-state index in [0.717, 1.165) is 45.4 Å². The van der Waals surface area contributed by atoms with Gasteiger partial charge in [0.25, 0.3) is 0 Å². The molecule has 18 heavy (non-hydrogen) atoms. The smallest absolute Gasteiger partial charge is 0.304 e. The van der Waals surface area contributed by atoms with Gasteiger partial charge in [0.1, 0.15) is 0 Å². The lowest BCUT2D eigenvalue weighted by Gasteiger charge is -2.31. The zero-order chi connectivity index (χ0) is 13.0. The molecule has 2 rings (SSSR count). The third-order valence-electron chi connectivity index (χ3n) is 4.00. The summed E-state index contributed by atoms with van der Waals surface area (Å²) in [5.41, 5.74) is 0. The molecule has 0 unspecified atom stereocenters. The highest BCUT2D eigenvalue weighted by Crippen LogP contribution is 2.28. The summed E-state index contributed by atoms with van der Waals surface area (Å²) in [4.78, 5) is 26.8. The molecule has 1 amide bonds. The minimum Gasteiger partial charge on any atom is -0.481 e. The minimum atomic E-state index is -0.748. The molecule has 1 N–H and O–H groups in total. The molecule has 1 aliphatic carbocycles. The predicted octanol–water partition coefficient (Wildman–Crippen LogP) is 0.795. The summed E-state index contributed by atoms with van der Waals surface area (Å²) in [6.07, 6.45) is 4.44. The molecule has 0 radical (unpaired) electrons. The van der Waals surface area contributed by atoms with Gasteiger partial charge in [0.2, 0.25) is 5.91 Å². The first-order chi connectivity index (χ1) is 8.66. The second-order valence-corrected chi connectivity index (χ2v) is 5.29. The van der Waals surface area contributed by atoms with E-state index in [0.29, 0.717) is 12.5 Å². The Hall–Kier alpha value is -1.10. The quantitative estimate of drug-likeness (QED) is 0.806. The number of nitrogens with zero attached hydrogens (tertiary/aromatic N) is 2. The molecule has 5 heteroatoms. The van der Waals surface area contributed by atoms with Crippen LogP contribution in [0.2, 0.25) is 0 Å². The van der Waals surface area contributed by atoms with Gasteiger partial charge in [0.05, 0.1) is 6.42 Å². The van der Waals surface area contributed by atoms with E-state index in [1.807, 2.05) is 4.90 Å². The number of hydrogen-bond acceptors (Lipinski definition) is 3. The number of carbonyl (C=O) groups excluding carboxylic acids is 1. The topological polar surface area (TPSA) is 60.9 Å². The molecular weight excluding hydrogens is 232 g/mol. The van der Waals surface area contributed by atoms with Crippen molar-refractivity contribution in [3.05, 3.63) is 0 Å². The zero-order valence-electron chi connectivity index (χ0n) is 10.8. The maximum Gasteiger partial charge on any atom is 0.304 e. The van der Waals surface area contributed by atoms with E-state index in [9.17, 15) is 9.59 Å². The molecule has 102 valence electrons. The van der Waals surface area contributed by atoms with E-state index in [-0.39, 0.29) is 12.3 Å². The normalized spacial score (nSPS) is 22.3. The highest BCUT2D eigenvalue weighted by atomic mass is 16.4. The Morgan fingerprint density at radius 2 is 1.83 bits per heavy atom. The third-order valence-corrected chi connectivity index (χ3v) is 4.00. The van der Waals surface area contributed by atoms with Gasteiger partial charge in [-0.15, -0.1) is 0 Å². The van der Waals surface area contributed by atoms with E-state index >= 15 is 0 Å². The van der Waals surface area contributed by atoms with E-state index in [1.54, 1.807) is 0 Å². The van der Waals surface area contributed by atoms with Crippen LogP contribution in [-0.2, 0) is 9.59 Å². The van der Waals surface area contributed by atoms with Crippen molar-refractivity contribution < 1.29 is 14.7 Å². The van der Waals surface area contributed by atoms with Crippen LogP contribution in [0.1, 0.15) is 32.1 Å². The molecule has 2 aliphatic rings. The number of amides is 1. The Bertz CT molecular complexity index is 315. The number of rotatable bonds is 4. The molecule has 0 bridgehead atoms. The van der Waals surface area contributed by atoms with Crippen LogP contribution in [-0.4, -0.2) is 59.5 Å². The van der Waals surface area contributed by atoms with Crippen LogP contribution < -0.4 is 0 Å². The summed E-state index contributed by atoms with van der Waals surface area (Å²) < 4.78 is 0. The molecule has 2 fully saturated rings. The Balaban J connectivity index is 1.76. The Morgan fingerprint density at radius 3 is 2.44 bits per heavy atom. The van der Waals surface area contributed by atoms with Crippen LogP contribution >= 0.6 is 0 Å². The van der Waals surface area contributed by atoms with Crippen LogP contribution in [0.15, 0.2) is 0 Å². The van der Waals surface area contributed by atoms with E-state index in [4.69, 9.17) is 5.11 Å². The molecule has 1 saturated heterocycles. The van der Waals surface area contributed by atoms with Crippen LogP contribution in [0.3, 0.4) is 0 Å². The maximum absolute atomic E-state index is 12.1. The zero-order valence-corrected chi connectivity index (χ0v) is 10.8. The van der Waals surface area contributed by atoms with Crippen molar-refractivity contribution in [3.8, 4) is 0 Å². The van der Waals surface area contributed by atoms with E-state index in [1.165, 1.54) is 6.42 Å². The predicted molar refractivity (Wildman–Crippen MR) is 67.2 cm³/mol. The third kappa shape index (κ3) is 3.45. The van der Waals surface area contributed by atoms with Crippen LogP contribution in [0.4, 0.5) is 0 Å². The fourth-order valence-electron chi connectivity index (χ4n) is 2.58. The molecule has 1 heterocycles. The van der Waals surface area contributed by atoms with Gasteiger partial charge in [0, 0.05) is 32.1 Å². The van der Waals surface area contributed by atoms with Crippen molar-refractivity contribution in [1.82, 2.24) is 9.80 Å². The van der Waals surface area contributed by atoms with Crippen molar-refractivity contribution in [2.24, 2.45) is 5.92 Å². The van der Waals surface area contributed by atoms with Gasteiger partial charge in [-0.1, -0.05) is 6.42 Å². The molecule has 1 aliphatic heterocycles. The van der Waals surface area contributed by atoms with Crippen LogP contribution in [0.5, 0.6) is 0 Å². The van der Waals surface area contributed by atoms with Crippen molar-refractivity contribution in [3.63, 3.8) is 0 Å². The fraction of sp³-hybridized carbons (Fsp3) is 0.846. The van der Waals surface area contributed by atoms with Crippen molar-refractivity contribution >= 4 is 11.9 Å². The molecule has 0 spiro atoms. The van der Waals surface area contributed by atoms with E-state index in [2.05, 4.69) is 4.90 Å². The number of carboxylic acid groups (broad SMARTS) is 1. The number of carboxylic acids is 1. The van der Waals surface area contributed by atoms with Gasteiger partial charge in [-0.05, 0) is 25.8 Å². The number of carbonyl (C=O) groups is 2. The summed E-state index contributed by atoms with van der Waals surface area (Å²) >= 11 is 0. The standard InChI is InChI=1S/C13H22N2O3/c16-12(17)5-8-14-6-2-7-15(10-9-14)13(18)11-3-1-4-11/h11H,1-10H2,(H,16,17). The molecule has 0 aromatic rings. The summed E-state index contributed by atoms with van der Waals surface area (Å²) in [5.74, 6) is -0.154. The van der Waals surface area contributed by atoms with Crippen LogP contribution in [0.25, 0.3) is 0 Å². The highest BCUT2D eigenvalue weighted by Gasteiger charge is 2.30. The first-order valence-electron chi connectivity index (χ1n) is 6.90. The molecule has 5 nitrogen and oxygen atoms in total. The Labute approximate surface area is 108 Å². The lowest BCUT2D eigenvalue weighted by atomic mass is 9.84. The summed E-state index contributed by atoms with van der Waals surface area (Å²) in [6.45, 7) is 3.90. The van der Waals surface area contributed by atoms with Gasteiger partial charge >= 0.3 is 5.97 Å². The second-order valence-electron chi connectivity index (χ2n) is 5.29. The van der Waals surface area contributed by atoms with Crippen LogP contribution in [0, 0.1) is 5.92 Å². The van der Waals surface area contributed by atoms with Gasteiger partial charge < -0.3 is 14.9 Å². The number of aliphatic carboxylic acids is 1. The van der Waals surface area contributed by atoms with Gasteiger partial charge in [-0.25, -0.2) is 0 Å². The first-order valence-corrected chi connectivity index (χ1v) is 6.90.